The van der Waals surface area contributed by atoms with Gasteiger partial charge in [0.25, 0.3) is 0 Å². The minimum atomic E-state index is 0.326. The Labute approximate surface area is 119 Å². The van der Waals surface area contributed by atoms with E-state index in [4.69, 9.17) is 19.9 Å². The van der Waals surface area contributed by atoms with Crippen LogP contribution >= 0.6 is 0 Å². The molecule has 2 aliphatic heterocycles. The molecular formula is C15H22N2O3. The van der Waals surface area contributed by atoms with Crippen LogP contribution in [0.2, 0.25) is 0 Å². The first-order chi connectivity index (χ1) is 9.85. The van der Waals surface area contributed by atoms with E-state index in [1.54, 1.807) is 0 Å². The first-order valence-electron chi connectivity index (χ1n) is 7.24. The fourth-order valence-electron chi connectivity index (χ4n) is 2.77. The van der Waals surface area contributed by atoms with Gasteiger partial charge in [-0.1, -0.05) is 6.07 Å². The summed E-state index contributed by atoms with van der Waals surface area (Å²) in [6.07, 6.45) is 0.977. The van der Waals surface area contributed by atoms with Crippen molar-refractivity contribution >= 4 is 0 Å². The summed E-state index contributed by atoms with van der Waals surface area (Å²) >= 11 is 0. The van der Waals surface area contributed by atoms with Gasteiger partial charge in [0, 0.05) is 19.6 Å². The second-order valence-electron chi connectivity index (χ2n) is 5.41. The van der Waals surface area contributed by atoms with Crippen molar-refractivity contribution in [3.8, 4) is 11.5 Å². The highest BCUT2D eigenvalue weighted by Gasteiger charge is 2.18. The number of ether oxygens (including phenoxy) is 3. The zero-order chi connectivity index (χ0) is 13.8. The molecule has 0 radical (unpaired) electrons. The van der Waals surface area contributed by atoms with E-state index in [-0.39, 0.29) is 0 Å². The van der Waals surface area contributed by atoms with Gasteiger partial charge in [0.1, 0.15) is 0 Å². The predicted molar refractivity (Wildman–Crippen MR) is 76.1 cm³/mol. The molecule has 1 fully saturated rings. The SMILES string of the molecule is NCC(Cc1ccc2c(c1)OCO2)CN1CCOCC1. The maximum atomic E-state index is 5.94. The van der Waals surface area contributed by atoms with Gasteiger partial charge in [-0.25, -0.2) is 0 Å². The summed E-state index contributed by atoms with van der Waals surface area (Å²) in [5.74, 6) is 2.16. The molecule has 1 aromatic carbocycles. The third-order valence-corrected chi connectivity index (χ3v) is 3.91. The van der Waals surface area contributed by atoms with E-state index < -0.39 is 0 Å². The molecule has 1 saturated heterocycles. The van der Waals surface area contributed by atoms with E-state index in [2.05, 4.69) is 17.0 Å². The Kier molecular flexibility index (Phi) is 4.40. The van der Waals surface area contributed by atoms with Crippen molar-refractivity contribution in [1.82, 2.24) is 4.90 Å². The maximum Gasteiger partial charge on any atom is 0.231 e. The lowest BCUT2D eigenvalue weighted by Gasteiger charge is -2.30. The smallest absolute Gasteiger partial charge is 0.231 e. The Hall–Kier alpha value is -1.30. The van der Waals surface area contributed by atoms with E-state index in [0.29, 0.717) is 19.3 Å². The average Bonchev–Trinajstić information content (AvgIpc) is 2.95. The molecule has 2 heterocycles. The van der Waals surface area contributed by atoms with Gasteiger partial charge in [-0.2, -0.15) is 0 Å². The molecule has 0 bridgehead atoms. The standard InChI is InChI=1S/C15H22N2O3/c16-9-13(10-17-3-5-18-6-4-17)7-12-1-2-14-15(8-12)20-11-19-14/h1-2,8,13H,3-7,9-11,16H2. The monoisotopic (exact) mass is 278 g/mol. The fourth-order valence-corrected chi connectivity index (χ4v) is 2.77. The molecule has 2 aliphatic rings. The molecule has 5 nitrogen and oxygen atoms in total. The number of morpholine rings is 1. The molecule has 2 N–H and O–H groups in total. The number of hydrogen-bond acceptors (Lipinski definition) is 5. The van der Waals surface area contributed by atoms with Crippen LogP contribution in [-0.4, -0.2) is 51.1 Å². The van der Waals surface area contributed by atoms with Gasteiger partial charge in [-0.15, -0.1) is 0 Å². The summed E-state index contributed by atoms with van der Waals surface area (Å²) in [6.45, 7) is 5.75. The number of nitrogens with two attached hydrogens (primary N) is 1. The summed E-state index contributed by atoms with van der Waals surface area (Å²) in [6, 6.07) is 6.17. The lowest BCUT2D eigenvalue weighted by molar-refractivity contribution is 0.0312. The molecule has 1 unspecified atom stereocenters. The Morgan fingerprint density at radius 1 is 1.15 bits per heavy atom. The summed E-state index contributed by atoms with van der Waals surface area (Å²) in [5, 5.41) is 0. The summed E-state index contributed by atoms with van der Waals surface area (Å²) in [5.41, 5.74) is 7.20. The van der Waals surface area contributed by atoms with Crippen molar-refractivity contribution in [2.24, 2.45) is 11.7 Å². The Balaban J connectivity index is 1.59. The molecule has 5 heteroatoms. The van der Waals surface area contributed by atoms with Crippen LogP contribution in [0.4, 0.5) is 0 Å². The molecule has 1 atom stereocenters. The average molecular weight is 278 g/mol. The predicted octanol–water partition coefficient (Wildman–Crippen LogP) is 0.865. The van der Waals surface area contributed by atoms with E-state index in [1.807, 2.05) is 6.07 Å². The molecule has 20 heavy (non-hydrogen) atoms. The zero-order valence-electron chi connectivity index (χ0n) is 11.7. The normalized spacial score (nSPS) is 20.1. The molecular weight excluding hydrogens is 256 g/mol. The molecule has 0 amide bonds. The molecule has 0 aliphatic carbocycles. The highest BCUT2D eigenvalue weighted by atomic mass is 16.7. The minimum Gasteiger partial charge on any atom is -0.454 e. The van der Waals surface area contributed by atoms with Crippen molar-refractivity contribution in [3.63, 3.8) is 0 Å². The number of rotatable bonds is 5. The van der Waals surface area contributed by atoms with E-state index >= 15 is 0 Å². The number of hydrogen-bond donors (Lipinski definition) is 1. The second kappa shape index (κ2) is 6.43. The number of benzene rings is 1. The summed E-state index contributed by atoms with van der Waals surface area (Å²) in [7, 11) is 0. The van der Waals surface area contributed by atoms with Gasteiger partial charge in [-0.3, -0.25) is 4.90 Å². The van der Waals surface area contributed by atoms with Crippen molar-refractivity contribution in [2.45, 2.75) is 6.42 Å². The van der Waals surface area contributed by atoms with Crippen LogP contribution < -0.4 is 15.2 Å². The zero-order valence-corrected chi connectivity index (χ0v) is 11.7. The molecule has 0 aromatic heterocycles. The van der Waals surface area contributed by atoms with E-state index in [9.17, 15) is 0 Å². The van der Waals surface area contributed by atoms with Crippen LogP contribution in [0.15, 0.2) is 18.2 Å². The topological polar surface area (TPSA) is 57.0 Å². The Morgan fingerprint density at radius 3 is 2.75 bits per heavy atom. The van der Waals surface area contributed by atoms with Crippen LogP contribution in [-0.2, 0) is 11.2 Å². The van der Waals surface area contributed by atoms with E-state index in [1.165, 1.54) is 5.56 Å². The first kappa shape index (κ1) is 13.7. The highest BCUT2D eigenvalue weighted by Crippen LogP contribution is 2.33. The lowest BCUT2D eigenvalue weighted by Crippen LogP contribution is -2.41. The molecule has 3 rings (SSSR count). The largest absolute Gasteiger partial charge is 0.454 e. The Bertz CT molecular complexity index is 447. The van der Waals surface area contributed by atoms with Crippen molar-refractivity contribution < 1.29 is 14.2 Å². The Morgan fingerprint density at radius 2 is 1.95 bits per heavy atom. The maximum absolute atomic E-state index is 5.94. The van der Waals surface area contributed by atoms with Gasteiger partial charge in [0.2, 0.25) is 6.79 Å². The molecule has 110 valence electrons. The molecule has 1 aromatic rings. The first-order valence-corrected chi connectivity index (χ1v) is 7.24. The second-order valence-corrected chi connectivity index (χ2v) is 5.41. The highest BCUT2D eigenvalue weighted by molar-refractivity contribution is 5.44. The molecule has 0 saturated carbocycles. The minimum absolute atomic E-state index is 0.326. The van der Waals surface area contributed by atoms with Gasteiger partial charge in [-0.05, 0) is 36.6 Å². The summed E-state index contributed by atoms with van der Waals surface area (Å²) in [4.78, 5) is 2.44. The van der Waals surface area contributed by atoms with Crippen molar-refractivity contribution in [1.29, 1.82) is 0 Å². The third-order valence-electron chi connectivity index (χ3n) is 3.91. The third kappa shape index (κ3) is 3.23. The van der Waals surface area contributed by atoms with Crippen LogP contribution in [0.5, 0.6) is 11.5 Å². The van der Waals surface area contributed by atoms with Gasteiger partial charge < -0.3 is 19.9 Å². The van der Waals surface area contributed by atoms with Gasteiger partial charge in [0.05, 0.1) is 13.2 Å². The summed E-state index contributed by atoms with van der Waals surface area (Å²) < 4.78 is 16.1. The van der Waals surface area contributed by atoms with Crippen LogP contribution in [0.3, 0.4) is 0 Å². The van der Waals surface area contributed by atoms with Crippen molar-refractivity contribution in [2.75, 3.05) is 46.2 Å². The van der Waals surface area contributed by atoms with E-state index in [0.717, 1.165) is 50.8 Å². The molecule has 0 spiro atoms. The van der Waals surface area contributed by atoms with Crippen LogP contribution in [0, 0.1) is 5.92 Å². The fraction of sp³-hybridized carbons (Fsp3) is 0.600. The number of nitrogens with zero attached hydrogens (tertiary/aromatic N) is 1. The van der Waals surface area contributed by atoms with Crippen molar-refractivity contribution in [3.05, 3.63) is 23.8 Å². The van der Waals surface area contributed by atoms with Crippen LogP contribution in [0.1, 0.15) is 5.56 Å². The quantitative estimate of drug-likeness (QED) is 0.866. The van der Waals surface area contributed by atoms with Gasteiger partial charge in [0.15, 0.2) is 11.5 Å². The van der Waals surface area contributed by atoms with Gasteiger partial charge >= 0.3 is 0 Å². The van der Waals surface area contributed by atoms with Crippen LogP contribution in [0.25, 0.3) is 0 Å². The number of fused-ring (bicyclic) bond motifs is 1. The lowest BCUT2D eigenvalue weighted by atomic mass is 9.98.